The molecule has 2 rings (SSSR count). The van der Waals surface area contributed by atoms with Gasteiger partial charge in [-0.3, -0.25) is 4.79 Å². The predicted octanol–water partition coefficient (Wildman–Crippen LogP) is 4.17. The Morgan fingerprint density at radius 1 is 1.39 bits per heavy atom. The van der Waals surface area contributed by atoms with Gasteiger partial charge in [0.1, 0.15) is 0 Å². The summed E-state index contributed by atoms with van der Waals surface area (Å²) in [4.78, 5) is 13.3. The highest BCUT2D eigenvalue weighted by molar-refractivity contribution is 7.99. The molecule has 1 amide bonds. The van der Waals surface area contributed by atoms with Gasteiger partial charge in [-0.05, 0) is 36.6 Å². The van der Waals surface area contributed by atoms with Crippen LogP contribution in [0.1, 0.15) is 34.1 Å². The molecule has 1 aliphatic carbocycles. The van der Waals surface area contributed by atoms with E-state index in [9.17, 15) is 4.79 Å². The van der Waals surface area contributed by atoms with Crippen molar-refractivity contribution in [3.05, 3.63) is 24.3 Å². The maximum absolute atomic E-state index is 12.1. The maximum atomic E-state index is 12.1. The van der Waals surface area contributed by atoms with Crippen LogP contribution in [0.5, 0.6) is 0 Å². The monoisotopic (exact) mass is 263 g/mol. The van der Waals surface area contributed by atoms with Gasteiger partial charge in [0.15, 0.2) is 0 Å². The highest BCUT2D eigenvalue weighted by Crippen LogP contribution is 2.52. The summed E-state index contributed by atoms with van der Waals surface area (Å²) in [7, 11) is 0. The minimum atomic E-state index is -0.147. The van der Waals surface area contributed by atoms with E-state index in [1.54, 1.807) is 0 Å². The van der Waals surface area contributed by atoms with E-state index >= 15 is 0 Å². The molecule has 98 valence electrons. The first-order valence-electron chi connectivity index (χ1n) is 6.50. The zero-order valence-corrected chi connectivity index (χ0v) is 12.3. The molecule has 2 nitrogen and oxygen atoms in total. The number of benzene rings is 1. The Kier molecular flexibility index (Phi) is 3.71. The van der Waals surface area contributed by atoms with Crippen molar-refractivity contribution in [1.29, 1.82) is 0 Å². The molecule has 1 fully saturated rings. The highest BCUT2D eigenvalue weighted by Gasteiger charge is 2.52. The number of thioether (sulfide) groups is 1. The van der Waals surface area contributed by atoms with E-state index in [4.69, 9.17) is 0 Å². The molecule has 2 atom stereocenters. The van der Waals surface area contributed by atoms with Crippen molar-refractivity contribution in [3.8, 4) is 0 Å². The second-order valence-corrected chi connectivity index (χ2v) is 7.32. The molecule has 0 bridgehead atoms. The van der Waals surface area contributed by atoms with E-state index in [0.717, 1.165) is 12.1 Å². The third-order valence-corrected chi connectivity index (χ3v) is 4.68. The highest BCUT2D eigenvalue weighted by atomic mass is 32.2. The van der Waals surface area contributed by atoms with Crippen LogP contribution in [0.4, 0.5) is 5.69 Å². The van der Waals surface area contributed by atoms with Crippen molar-refractivity contribution >= 4 is 23.4 Å². The number of hydrogen-bond acceptors (Lipinski definition) is 2. The van der Waals surface area contributed by atoms with E-state index < -0.39 is 0 Å². The summed E-state index contributed by atoms with van der Waals surface area (Å²) in [5.41, 5.74) is 0.749. The Labute approximate surface area is 114 Å². The van der Waals surface area contributed by atoms with Crippen LogP contribution in [0, 0.1) is 11.3 Å². The van der Waals surface area contributed by atoms with Crippen molar-refractivity contribution < 1.29 is 4.79 Å². The molecular weight excluding hydrogens is 242 g/mol. The van der Waals surface area contributed by atoms with Crippen molar-refractivity contribution in [3.63, 3.8) is 0 Å². The summed E-state index contributed by atoms with van der Waals surface area (Å²) in [5, 5.41) is 3.59. The number of carbonyl (C=O) groups is 1. The Morgan fingerprint density at radius 2 is 1.94 bits per heavy atom. The maximum Gasteiger partial charge on any atom is 0.230 e. The Morgan fingerprint density at radius 3 is 2.39 bits per heavy atom. The smallest absolute Gasteiger partial charge is 0.230 e. The molecule has 3 heteroatoms. The van der Waals surface area contributed by atoms with Gasteiger partial charge in [0.05, 0.1) is 0 Å². The van der Waals surface area contributed by atoms with E-state index in [-0.39, 0.29) is 11.3 Å². The lowest BCUT2D eigenvalue weighted by atomic mass is 10.1. The van der Waals surface area contributed by atoms with Gasteiger partial charge in [0.25, 0.3) is 0 Å². The zero-order chi connectivity index (χ0) is 13.3. The topological polar surface area (TPSA) is 29.1 Å². The summed E-state index contributed by atoms with van der Waals surface area (Å²) in [6, 6.07) is 8.11. The second-order valence-electron chi connectivity index (χ2n) is 5.67. The number of nitrogens with one attached hydrogen (secondary N) is 1. The normalized spacial score (nSPS) is 26.2. The average molecular weight is 263 g/mol. The fourth-order valence-electron chi connectivity index (χ4n) is 2.06. The van der Waals surface area contributed by atoms with Crippen LogP contribution in [0.25, 0.3) is 0 Å². The van der Waals surface area contributed by atoms with Gasteiger partial charge in [-0.2, -0.15) is 0 Å². The summed E-state index contributed by atoms with van der Waals surface area (Å²) < 4.78 is 0. The first kappa shape index (κ1) is 13.5. The lowest BCUT2D eigenvalue weighted by Crippen LogP contribution is -2.22. The standard InChI is InChI=1S/C15H21NOS/c1-10(2)18-13-7-5-12(6-8-13)16-14(17)15(4)9-11(15)3/h5-8,10-11H,9H2,1-4H3,(H,16,17). The quantitative estimate of drug-likeness (QED) is 0.826. The van der Waals surface area contributed by atoms with Crippen molar-refractivity contribution in [2.75, 3.05) is 5.32 Å². The van der Waals surface area contributed by atoms with Gasteiger partial charge in [-0.25, -0.2) is 0 Å². The van der Waals surface area contributed by atoms with E-state index in [1.807, 2.05) is 30.8 Å². The van der Waals surface area contributed by atoms with Gasteiger partial charge in [-0.1, -0.05) is 27.7 Å². The number of amides is 1. The largest absolute Gasteiger partial charge is 0.326 e. The number of rotatable bonds is 4. The van der Waals surface area contributed by atoms with Crippen LogP contribution in [-0.4, -0.2) is 11.2 Å². The Bertz CT molecular complexity index is 440. The summed E-state index contributed by atoms with van der Waals surface area (Å²) in [6.45, 7) is 8.52. The third-order valence-electron chi connectivity index (χ3n) is 3.66. The summed E-state index contributed by atoms with van der Waals surface area (Å²) in [6.07, 6.45) is 1.00. The van der Waals surface area contributed by atoms with Gasteiger partial charge < -0.3 is 5.32 Å². The van der Waals surface area contributed by atoms with Gasteiger partial charge in [0, 0.05) is 21.2 Å². The minimum Gasteiger partial charge on any atom is -0.326 e. The fourth-order valence-corrected chi connectivity index (χ4v) is 2.89. The first-order valence-corrected chi connectivity index (χ1v) is 7.38. The molecule has 0 aliphatic heterocycles. The third kappa shape index (κ3) is 2.89. The average Bonchev–Trinajstić information content (AvgIpc) is 2.90. The second kappa shape index (κ2) is 4.96. The lowest BCUT2D eigenvalue weighted by Gasteiger charge is -2.12. The molecule has 0 saturated heterocycles. The molecule has 2 unspecified atom stereocenters. The fraction of sp³-hybridized carbons (Fsp3) is 0.533. The van der Waals surface area contributed by atoms with Crippen LogP contribution < -0.4 is 5.32 Å². The molecule has 1 aromatic rings. The zero-order valence-electron chi connectivity index (χ0n) is 11.5. The van der Waals surface area contributed by atoms with Gasteiger partial charge in [0.2, 0.25) is 5.91 Å². The first-order chi connectivity index (χ1) is 8.41. The number of carbonyl (C=O) groups excluding carboxylic acids is 1. The number of hydrogen-bond donors (Lipinski definition) is 1. The molecule has 1 aliphatic rings. The molecule has 1 aromatic carbocycles. The van der Waals surface area contributed by atoms with Gasteiger partial charge >= 0.3 is 0 Å². The van der Waals surface area contributed by atoms with Crippen LogP contribution in [-0.2, 0) is 4.79 Å². The van der Waals surface area contributed by atoms with Crippen molar-refractivity contribution in [2.24, 2.45) is 11.3 Å². The summed E-state index contributed by atoms with van der Waals surface area (Å²) in [5.74, 6) is 0.660. The van der Waals surface area contributed by atoms with E-state index in [0.29, 0.717) is 11.2 Å². The van der Waals surface area contributed by atoms with Gasteiger partial charge in [-0.15, -0.1) is 11.8 Å². The molecule has 0 aromatic heterocycles. The Hall–Kier alpha value is -0.960. The van der Waals surface area contributed by atoms with Crippen LogP contribution in [0.2, 0.25) is 0 Å². The predicted molar refractivity (Wildman–Crippen MR) is 78.0 cm³/mol. The molecular formula is C15H21NOS. The molecule has 0 radical (unpaired) electrons. The van der Waals surface area contributed by atoms with Crippen LogP contribution in [0.3, 0.4) is 0 Å². The molecule has 1 N–H and O–H groups in total. The van der Waals surface area contributed by atoms with Crippen molar-refractivity contribution in [2.45, 2.75) is 44.3 Å². The van der Waals surface area contributed by atoms with E-state index in [2.05, 4.69) is 38.2 Å². The summed E-state index contributed by atoms with van der Waals surface area (Å²) >= 11 is 1.83. The molecule has 0 heterocycles. The number of anilines is 1. The van der Waals surface area contributed by atoms with Crippen molar-refractivity contribution in [1.82, 2.24) is 0 Å². The Balaban J connectivity index is 1.96. The SMILES string of the molecule is CC(C)Sc1ccc(NC(=O)C2(C)CC2C)cc1. The molecule has 0 spiro atoms. The van der Waals surface area contributed by atoms with E-state index in [1.165, 1.54) is 4.90 Å². The van der Waals surface area contributed by atoms with Crippen LogP contribution >= 0.6 is 11.8 Å². The molecule has 18 heavy (non-hydrogen) atoms. The lowest BCUT2D eigenvalue weighted by molar-refractivity contribution is -0.121. The molecule has 1 saturated carbocycles. The van der Waals surface area contributed by atoms with Crippen LogP contribution in [0.15, 0.2) is 29.2 Å². The minimum absolute atomic E-state index is 0.147.